The molecule has 9 nitrogen and oxygen atoms in total. The summed E-state index contributed by atoms with van der Waals surface area (Å²) in [6.45, 7) is -0.0683. The van der Waals surface area contributed by atoms with Crippen LogP contribution >= 0.6 is 0 Å². The third-order valence-electron chi connectivity index (χ3n) is 4.15. The van der Waals surface area contributed by atoms with Crippen LogP contribution in [0.1, 0.15) is 16.1 Å². The molecular weight excluding hydrogens is 362 g/mol. The molecule has 0 spiro atoms. The zero-order valence-electron chi connectivity index (χ0n) is 14.5. The highest BCUT2D eigenvalue weighted by molar-refractivity contribution is 6.03. The molecule has 3 N–H and O–H groups in total. The predicted octanol–water partition coefficient (Wildman–Crippen LogP) is 1.82. The van der Waals surface area contributed by atoms with Crippen molar-refractivity contribution in [1.29, 1.82) is 0 Å². The third kappa shape index (κ3) is 3.40. The van der Waals surface area contributed by atoms with Gasteiger partial charge in [0.1, 0.15) is 11.3 Å². The van der Waals surface area contributed by atoms with Crippen LogP contribution in [-0.4, -0.2) is 25.7 Å². The number of carbonyl (C=O) groups is 1. The smallest absolute Gasteiger partial charge is 0.328 e. The van der Waals surface area contributed by atoms with E-state index in [4.69, 9.17) is 4.42 Å². The predicted molar refractivity (Wildman–Crippen MR) is 101 cm³/mol. The summed E-state index contributed by atoms with van der Waals surface area (Å²) in [4.78, 5) is 39.5. The van der Waals surface area contributed by atoms with Crippen molar-refractivity contribution in [3.8, 4) is 11.3 Å². The normalized spacial score (nSPS) is 10.7. The van der Waals surface area contributed by atoms with E-state index in [-0.39, 0.29) is 12.1 Å². The van der Waals surface area contributed by atoms with Crippen LogP contribution < -0.4 is 16.6 Å². The maximum Gasteiger partial charge on any atom is 0.328 e. The van der Waals surface area contributed by atoms with Crippen molar-refractivity contribution < 1.29 is 9.21 Å². The van der Waals surface area contributed by atoms with Crippen molar-refractivity contribution in [2.45, 2.75) is 6.54 Å². The Morgan fingerprint density at radius 3 is 2.64 bits per heavy atom. The van der Waals surface area contributed by atoms with E-state index in [1.807, 2.05) is 18.2 Å². The molecule has 0 aliphatic heterocycles. The molecule has 0 aliphatic rings. The Morgan fingerprint density at radius 1 is 1.14 bits per heavy atom. The minimum Gasteiger partial charge on any atom is -0.467 e. The zero-order chi connectivity index (χ0) is 19.5. The molecule has 0 radical (unpaired) electrons. The van der Waals surface area contributed by atoms with Gasteiger partial charge in [0.15, 0.2) is 0 Å². The lowest BCUT2D eigenvalue weighted by Gasteiger charge is -2.08. The van der Waals surface area contributed by atoms with Crippen molar-refractivity contribution in [1.82, 2.24) is 19.7 Å². The van der Waals surface area contributed by atoms with E-state index in [9.17, 15) is 14.4 Å². The number of nitrogens with zero attached hydrogens (tertiary/aromatic N) is 2. The van der Waals surface area contributed by atoms with E-state index in [0.717, 1.165) is 22.0 Å². The molecule has 1 amide bonds. The number of hydrogen-bond acceptors (Lipinski definition) is 5. The molecule has 3 heterocycles. The highest BCUT2D eigenvalue weighted by Crippen LogP contribution is 2.19. The number of H-pyrrole nitrogens is 2. The first-order valence-electron chi connectivity index (χ1n) is 8.38. The van der Waals surface area contributed by atoms with Crippen LogP contribution in [0.25, 0.3) is 11.3 Å². The van der Waals surface area contributed by atoms with Gasteiger partial charge in [-0.25, -0.2) is 4.79 Å². The number of anilines is 1. The maximum absolute atomic E-state index is 12.6. The molecule has 140 valence electrons. The molecule has 0 fully saturated rings. The van der Waals surface area contributed by atoms with Crippen molar-refractivity contribution in [3.05, 3.63) is 93.3 Å². The summed E-state index contributed by atoms with van der Waals surface area (Å²) in [5, 5.41) is 9.40. The number of nitrogens with one attached hydrogen (secondary N) is 3. The van der Waals surface area contributed by atoms with E-state index in [1.165, 1.54) is 6.26 Å². The maximum atomic E-state index is 12.6. The zero-order valence-corrected chi connectivity index (χ0v) is 14.5. The number of furan rings is 1. The molecule has 3 aromatic heterocycles. The van der Waals surface area contributed by atoms with Gasteiger partial charge in [0, 0.05) is 18.1 Å². The summed E-state index contributed by atoms with van der Waals surface area (Å²) in [5.41, 5.74) is 0.758. The van der Waals surface area contributed by atoms with Gasteiger partial charge in [0.25, 0.3) is 11.5 Å². The first kappa shape index (κ1) is 17.3. The molecule has 0 saturated carbocycles. The molecular formula is C19H15N5O4. The standard InChI is InChI=1S/C19H15N5O4/c25-17(22-13-5-3-12(4-6-13)16-7-8-21-23-16)15-10-20-19(27)24(18(15)26)11-14-2-1-9-28-14/h1-10H,11H2,(H,20,27)(H,21,23)(H,22,25). The fourth-order valence-corrected chi connectivity index (χ4v) is 2.72. The van der Waals surface area contributed by atoms with Gasteiger partial charge in [-0.05, 0) is 35.9 Å². The Hall–Kier alpha value is -4.14. The van der Waals surface area contributed by atoms with Crippen LogP contribution in [0, 0.1) is 0 Å². The molecule has 0 saturated heterocycles. The molecule has 0 unspecified atom stereocenters. The Morgan fingerprint density at radius 2 is 1.96 bits per heavy atom. The summed E-state index contributed by atoms with van der Waals surface area (Å²) in [7, 11) is 0. The Balaban J connectivity index is 1.56. The molecule has 4 aromatic rings. The van der Waals surface area contributed by atoms with Crippen molar-refractivity contribution >= 4 is 11.6 Å². The first-order valence-corrected chi connectivity index (χ1v) is 8.38. The van der Waals surface area contributed by atoms with Crippen LogP contribution in [0.5, 0.6) is 0 Å². The second-order valence-electron chi connectivity index (χ2n) is 5.98. The quantitative estimate of drug-likeness (QED) is 0.489. The van der Waals surface area contributed by atoms with E-state index in [1.54, 1.807) is 30.5 Å². The average Bonchev–Trinajstić information content (AvgIpc) is 3.40. The van der Waals surface area contributed by atoms with Gasteiger partial charge in [-0.2, -0.15) is 5.10 Å². The van der Waals surface area contributed by atoms with E-state index < -0.39 is 17.2 Å². The van der Waals surface area contributed by atoms with Crippen LogP contribution in [0.15, 0.2) is 75.1 Å². The van der Waals surface area contributed by atoms with E-state index in [0.29, 0.717) is 11.4 Å². The van der Waals surface area contributed by atoms with E-state index in [2.05, 4.69) is 20.5 Å². The lowest BCUT2D eigenvalue weighted by atomic mass is 10.1. The Labute approximate surface area is 157 Å². The Kier molecular flexibility index (Phi) is 4.47. The third-order valence-corrected chi connectivity index (χ3v) is 4.15. The minimum absolute atomic E-state index is 0.0683. The first-order chi connectivity index (χ1) is 13.6. The molecule has 28 heavy (non-hydrogen) atoms. The van der Waals surface area contributed by atoms with Crippen LogP contribution in [-0.2, 0) is 6.54 Å². The molecule has 0 aliphatic carbocycles. The second-order valence-corrected chi connectivity index (χ2v) is 5.98. The number of amides is 1. The van der Waals surface area contributed by atoms with Gasteiger partial charge in [-0.15, -0.1) is 0 Å². The number of aromatic nitrogens is 4. The monoisotopic (exact) mass is 377 g/mol. The van der Waals surface area contributed by atoms with Crippen LogP contribution in [0.4, 0.5) is 5.69 Å². The van der Waals surface area contributed by atoms with E-state index >= 15 is 0 Å². The van der Waals surface area contributed by atoms with Gasteiger partial charge >= 0.3 is 5.69 Å². The van der Waals surface area contributed by atoms with Gasteiger partial charge in [-0.1, -0.05) is 12.1 Å². The van der Waals surface area contributed by atoms with Gasteiger partial charge in [-0.3, -0.25) is 19.3 Å². The summed E-state index contributed by atoms with van der Waals surface area (Å²) in [6.07, 6.45) is 4.20. The SMILES string of the molecule is O=C(Nc1ccc(-c2ccn[nH]2)cc1)c1c[nH]c(=O)n(Cc2ccco2)c1=O. The Bertz CT molecular complexity index is 1200. The van der Waals surface area contributed by atoms with Gasteiger partial charge in [0.05, 0.1) is 18.5 Å². The number of benzene rings is 1. The summed E-state index contributed by atoms with van der Waals surface area (Å²) in [5.74, 6) is -0.191. The lowest BCUT2D eigenvalue weighted by molar-refractivity contribution is 0.102. The number of rotatable bonds is 5. The topological polar surface area (TPSA) is 126 Å². The number of carbonyl (C=O) groups excluding carboxylic acids is 1. The molecule has 1 aromatic carbocycles. The van der Waals surface area contributed by atoms with Crippen molar-refractivity contribution in [2.24, 2.45) is 0 Å². The van der Waals surface area contributed by atoms with Crippen LogP contribution in [0.3, 0.4) is 0 Å². The van der Waals surface area contributed by atoms with Gasteiger partial charge < -0.3 is 14.7 Å². The number of aromatic amines is 2. The largest absolute Gasteiger partial charge is 0.467 e. The van der Waals surface area contributed by atoms with Crippen LogP contribution in [0.2, 0.25) is 0 Å². The highest BCUT2D eigenvalue weighted by Gasteiger charge is 2.16. The lowest BCUT2D eigenvalue weighted by Crippen LogP contribution is -2.39. The fraction of sp³-hybridized carbons (Fsp3) is 0.0526. The van der Waals surface area contributed by atoms with Crippen molar-refractivity contribution in [3.63, 3.8) is 0 Å². The summed E-state index contributed by atoms with van der Waals surface area (Å²) in [6, 6.07) is 12.2. The average molecular weight is 377 g/mol. The molecule has 0 bridgehead atoms. The summed E-state index contributed by atoms with van der Waals surface area (Å²) >= 11 is 0. The molecule has 4 rings (SSSR count). The molecule has 9 heteroatoms. The second kappa shape index (κ2) is 7.23. The minimum atomic E-state index is -0.702. The fourth-order valence-electron chi connectivity index (χ4n) is 2.72. The summed E-state index contributed by atoms with van der Waals surface area (Å²) < 4.78 is 6.08. The highest BCUT2D eigenvalue weighted by atomic mass is 16.3. The number of hydrogen-bond donors (Lipinski definition) is 3. The van der Waals surface area contributed by atoms with Crippen molar-refractivity contribution in [2.75, 3.05) is 5.32 Å². The molecule has 0 atom stereocenters. The van der Waals surface area contributed by atoms with Gasteiger partial charge in [0.2, 0.25) is 0 Å².